The van der Waals surface area contributed by atoms with Crippen molar-refractivity contribution in [1.29, 1.82) is 0 Å². The van der Waals surface area contributed by atoms with Crippen molar-refractivity contribution in [2.24, 2.45) is 0 Å². The number of nitrogens with zero attached hydrogens (tertiary/aromatic N) is 1. The van der Waals surface area contributed by atoms with E-state index in [4.69, 9.17) is 0 Å². The zero-order chi connectivity index (χ0) is 22.0. The summed E-state index contributed by atoms with van der Waals surface area (Å²) < 4.78 is 0. The van der Waals surface area contributed by atoms with Crippen LogP contribution in [0.5, 0.6) is 0 Å². The number of benzene rings is 1. The molecule has 1 aromatic rings. The Labute approximate surface area is 193 Å². The summed E-state index contributed by atoms with van der Waals surface area (Å²) in [6.07, 6.45) is 13.3. The molecule has 1 amide bonds. The summed E-state index contributed by atoms with van der Waals surface area (Å²) in [4.78, 5) is 13.9. The molecule has 168 valence electrons. The summed E-state index contributed by atoms with van der Waals surface area (Å²) in [7, 11) is 0. The lowest BCUT2D eigenvalue weighted by Crippen LogP contribution is -2.47. The molecular weight excluding hydrogens is 398 g/mol. The van der Waals surface area contributed by atoms with E-state index in [1.165, 1.54) is 67.3 Å². The van der Waals surface area contributed by atoms with E-state index in [-0.39, 0.29) is 0 Å². The van der Waals surface area contributed by atoms with Crippen LogP contribution in [0.4, 0.5) is 0 Å². The number of allylic oxidation sites excluding steroid dienone is 3. The van der Waals surface area contributed by atoms with Crippen LogP contribution in [-0.2, 0) is 17.0 Å². The molecule has 1 fully saturated rings. The lowest BCUT2D eigenvalue weighted by molar-refractivity contribution is -0.141. The van der Waals surface area contributed by atoms with Crippen LogP contribution in [0.25, 0.3) is 0 Å². The fraction of sp³-hybridized carbons (Fsp3) is 0.607. The molecule has 1 aliphatic carbocycles. The minimum atomic E-state index is 0.319. The van der Waals surface area contributed by atoms with Gasteiger partial charge in [-0.05, 0) is 87.1 Å². The Hall–Kier alpha value is -1.48. The average molecular weight is 438 g/mol. The van der Waals surface area contributed by atoms with Gasteiger partial charge in [-0.25, -0.2) is 0 Å². The van der Waals surface area contributed by atoms with Crippen molar-refractivity contribution >= 4 is 17.7 Å². The van der Waals surface area contributed by atoms with Crippen LogP contribution in [0.2, 0.25) is 0 Å². The number of carbonyl (C=O) groups excluding carboxylic acids is 1. The first-order chi connectivity index (χ1) is 15.0. The lowest BCUT2D eigenvalue weighted by Gasteiger charge is -2.35. The zero-order valence-corrected chi connectivity index (χ0v) is 20.7. The first-order valence-corrected chi connectivity index (χ1v) is 13.5. The topological polar surface area (TPSA) is 20.3 Å². The van der Waals surface area contributed by atoms with E-state index in [2.05, 4.69) is 45.9 Å². The zero-order valence-electron chi connectivity index (χ0n) is 19.9. The summed E-state index contributed by atoms with van der Waals surface area (Å²) in [6, 6.07) is 5.46. The third-order valence-corrected chi connectivity index (χ3v) is 8.54. The molecule has 0 aromatic heterocycles. The van der Waals surface area contributed by atoms with Gasteiger partial charge in [0, 0.05) is 35.6 Å². The van der Waals surface area contributed by atoms with E-state index >= 15 is 0 Å². The van der Waals surface area contributed by atoms with Crippen molar-refractivity contribution in [3.05, 3.63) is 57.3 Å². The quantitative estimate of drug-likeness (QED) is 0.227. The third-order valence-electron chi connectivity index (χ3n) is 7.48. The molecular formula is C28H39NOS. The number of hydrogen-bond donors (Lipinski definition) is 0. The van der Waals surface area contributed by atoms with Crippen molar-refractivity contribution in [1.82, 2.24) is 4.90 Å². The first kappa shape index (κ1) is 22.7. The number of rotatable bonds is 9. The molecule has 1 aromatic carbocycles. The van der Waals surface area contributed by atoms with Gasteiger partial charge in [0.25, 0.3) is 0 Å². The molecule has 2 heterocycles. The monoisotopic (exact) mass is 437 g/mol. The van der Waals surface area contributed by atoms with Gasteiger partial charge in [0.15, 0.2) is 0 Å². The lowest BCUT2D eigenvalue weighted by atomic mass is 9.81. The van der Waals surface area contributed by atoms with Crippen molar-refractivity contribution in [3.63, 3.8) is 0 Å². The summed E-state index contributed by atoms with van der Waals surface area (Å²) in [6.45, 7) is 9.07. The Kier molecular flexibility index (Phi) is 7.31. The molecule has 2 unspecified atom stereocenters. The molecule has 4 rings (SSSR count). The van der Waals surface area contributed by atoms with E-state index < -0.39 is 0 Å². The highest BCUT2D eigenvalue weighted by atomic mass is 32.2. The smallest absolute Gasteiger partial charge is 0.229 e. The molecule has 0 saturated carbocycles. The molecule has 2 atom stereocenters. The SMILES string of the molecule is CCCCCc1cc(C)c(C2C=C(C)CCC2)c(CSCC2=C(C)N3C(=O)CC3C2)c1. The number of β-lactam (4-membered cyclic amide) rings is 1. The Bertz CT molecular complexity index is 897. The fourth-order valence-corrected chi connectivity index (χ4v) is 6.96. The molecule has 2 aliphatic heterocycles. The Morgan fingerprint density at radius 1 is 1.10 bits per heavy atom. The maximum absolute atomic E-state index is 11.9. The Morgan fingerprint density at radius 3 is 2.65 bits per heavy atom. The Morgan fingerprint density at radius 2 is 1.94 bits per heavy atom. The van der Waals surface area contributed by atoms with E-state index in [0.29, 0.717) is 17.9 Å². The number of aryl methyl sites for hydroxylation is 2. The second-order valence-corrected chi connectivity index (χ2v) is 10.9. The molecule has 0 spiro atoms. The molecule has 1 saturated heterocycles. The number of unbranched alkanes of at least 4 members (excludes halogenated alkanes) is 2. The van der Waals surface area contributed by atoms with Gasteiger partial charge in [-0.3, -0.25) is 4.79 Å². The Balaban J connectivity index is 1.51. The van der Waals surface area contributed by atoms with Crippen LogP contribution in [0.3, 0.4) is 0 Å². The highest BCUT2D eigenvalue weighted by Crippen LogP contribution is 2.40. The van der Waals surface area contributed by atoms with E-state index in [0.717, 1.165) is 24.3 Å². The minimum absolute atomic E-state index is 0.319. The van der Waals surface area contributed by atoms with Crippen LogP contribution in [0.1, 0.15) is 100 Å². The van der Waals surface area contributed by atoms with Gasteiger partial charge in [-0.15, -0.1) is 0 Å². The predicted octanol–water partition coefficient (Wildman–Crippen LogP) is 7.45. The van der Waals surface area contributed by atoms with Crippen LogP contribution < -0.4 is 0 Å². The van der Waals surface area contributed by atoms with Gasteiger partial charge in [0.2, 0.25) is 5.91 Å². The summed E-state index contributed by atoms with van der Waals surface area (Å²) in [5, 5.41) is 0. The maximum atomic E-state index is 11.9. The van der Waals surface area contributed by atoms with Crippen molar-refractivity contribution in [2.75, 3.05) is 5.75 Å². The van der Waals surface area contributed by atoms with E-state index in [9.17, 15) is 4.79 Å². The minimum Gasteiger partial charge on any atom is -0.313 e. The first-order valence-electron chi connectivity index (χ1n) is 12.4. The maximum Gasteiger partial charge on any atom is 0.229 e. The van der Waals surface area contributed by atoms with E-state index in [1.807, 2.05) is 16.7 Å². The van der Waals surface area contributed by atoms with Crippen molar-refractivity contribution in [2.45, 2.75) is 103 Å². The number of hydrogen-bond acceptors (Lipinski definition) is 2. The second-order valence-electron chi connectivity index (χ2n) is 9.96. The molecule has 2 nitrogen and oxygen atoms in total. The number of fused-ring (bicyclic) bond motifs is 1. The van der Waals surface area contributed by atoms with Crippen LogP contribution in [0.15, 0.2) is 35.1 Å². The van der Waals surface area contributed by atoms with Gasteiger partial charge in [-0.2, -0.15) is 11.8 Å². The van der Waals surface area contributed by atoms with Crippen LogP contribution in [0, 0.1) is 6.92 Å². The second kappa shape index (κ2) is 9.98. The van der Waals surface area contributed by atoms with Gasteiger partial charge in [0.05, 0.1) is 0 Å². The van der Waals surface area contributed by atoms with Crippen molar-refractivity contribution in [3.8, 4) is 0 Å². The molecule has 0 N–H and O–H groups in total. The fourth-order valence-electron chi connectivity index (χ4n) is 5.82. The number of thioether (sulfide) groups is 1. The van der Waals surface area contributed by atoms with Crippen molar-refractivity contribution < 1.29 is 4.79 Å². The van der Waals surface area contributed by atoms with Gasteiger partial charge in [0.1, 0.15) is 0 Å². The molecule has 0 radical (unpaired) electrons. The molecule has 0 bridgehead atoms. The van der Waals surface area contributed by atoms with Gasteiger partial charge >= 0.3 is 0 Å². The van der Waals surface area contributed by atoms with Crippen LogP contribution >= 0.6 is 11.8 Å². The molecule has 3 aliphatic rings. The normalized spacial score (nSPS) is 23.2. The average Bonchev–Trinajstić information content (AvgIpc) is 2.97. The van der Waals surface area contributed by atoms with E-state index in [1.54, 1.807) is 16.7 Å². The predicted molar refractivity (Wildman–Crippen MR) is 133 cm³/mol. The summed E-state index contributed by atoms with van der Waals surface area (Å²) in [5.41, 5.74) is 10.5. The molecule has 3 heteroatoms. The van der Waals surface area contributed by atoms with Gasteiger partial charge < -0.3 is 4.90 Å². The number of amides is 1. The largest absolute Gasteiger partial charge is 0.313 e. The van der Waals surface area contributed by atoms with Gasteiger partial charge in [-0.1, -0.05) is 43.5 Å². The van der Waals surface area contributed by atoms with Crippen LogP contribution in [-0.4, -0.2) is 22.6 Å². The summed E-state index contributed by atoms with van der Waals surface area (Å²) >= 11 is 2.05. The standard InChI is InChI=1S/C28H39NOS/c1-5-6-7-10-22-13-20(3)28(23-11-8-9-19(2)12-23)25(14-22)18-31-17-24-15-26-16-27(30)29(26)21(24)4/h12-14,23,26H,5-11,15-18H2,1-4H3. The highest BCUT2D eigenvalue weighted by molar-refractivity contribution is 7.98. The highest BCUT2D eigenvalue weighted by Gasteiger charge is 2.42. The third kappa shape index (κ3) is 4.97. The summed E-state index contributed by atoms with van der Waals surface area (Å²) in [5.74, 6) is 3.04. The number of carbonyl (C=O) groups is 1. The molecule has 31 heavy (non-hydrogen) atoms.